The number of aromatic nitrogens is 1. The van der Waals surface area contributed by atoms with E-state index < -0.39 is 10.0 Å². The Labute approximate surface area is 132 Å². The maximum atomic E-state index is 13.0. The molecule has 0 saturated heterocycles. The van der Waals surface area contributed by atoms with Crippen molar-refractivity contribution in [3.05, 3.63) is 65.9 Å². The van der Waals surface area contributed by atoms with Crippen LogP contribution < -0.4 is 0 Å². The van der Waals surface area contributed by atoms with Crippen LogP contribution in [0.3, 0.4) is 0 Å². The highest BCUT2D eigenvalue weighted by Gasteiger charge is 2.24. The van der Waals surface area contributed by atoms with Crippen molar-refractivity contribution in [2.45, 2.75) is 17.1 Å². The summed E-state index contributed by atoms with van der Waals surface area (Å²) in [5, 5.41) is 1.45. The first-order chi connectivity index (χ1) is 10.1. The first-order valence-corrected chi connectivity index (χ1v) is 9.09. The molecule has 2 aromatic carbocycles. The lowest BCUT2D eigenvalue weighted by Gasteiger charge is -2.11. The van der Waals surface area contributed by atoms with Gasteiger partial charge in [-0.25, -0.2) is 12.4 Å². The van der Waals surface area contributed by atoms with Crippen LogP contribution in [0.15, 0.2) is 59.5 Å². The molecular weight excluding hydrogens is 350 g/mol. The lowest BCUT2D eigenvalue weighted by molar-refractivity contribution is 0.588. The number of para-hydroxylation sites is 1. The van der Waals surface area contributed by atoms with E-state index in [9.17, 15) is 8.42 Å². The Morgan fingerprint density at radius 3 is 2.29 bits per heavy atom. The molecule has 1 aromatic heterocycles. The predicted molar refractivity (Wildman–Crippen MR) is 88.3 cm³/mol. The van der Waals surface area contributed by atoms with Gasteiger partial charge in [0, 0.05) is 16.4 Å². The second kappa shape index (κ2) is 5.31. The number of hydrogen-bond donors (Lipinski definition) is 0. The second-order valence-electron chi connectivity index (χ2n) is 4.80. The Hall–Kier alpha value is -1.59. The average Bonchev–Trinajstić information content (AvgIpc) is 2.81. The Morgan fingerprint density at radius 2 is 1.62 bits per heavy atom. The van der Waals surface area contributed by atoms with Crippen LogP contribution in [0.1, 0.15) is 11.3 Å². The number of benzene rings is 2. The van der Waals surface area contributed by atoms with E-state index in [1.54, 1.807) is 24.3 Å². The van der Waals surface area contributed by atoms with Crippen molar-refractivity contribution in [1.29, 1.82) is 0 Å². The van der Waals surface area contributed by atoms with Crippen molar-refractivity contribution < 1.29 is 8.42 Å². The standard InChI is InChI=1S/C16H14BrNO2S/c1-12-14-9-5-6-10-15(14)18(16(12)11-17)21(19,20)13-7-3-2-4-8-13/h2-10H,11H2,1H3. The van der Waals surface area contributed by atoms with E-state index >= 15 is 0 Å². The van der Waals surface area contributed by atoms with Crippen molar-refractivity contribution in [2.75, 3.05) is 0 Å². The number of hydrogen-bond acceptors (Lipinski definition) is 2. The second-order valence-corrected chi connectivity index (χ2v) is 7.15. The molecule has 0 fully saturated rings. The molecule has 0 spiro atoms. The van der Waals surface area contributed by atoms with E-state index in [-0.39, 0.29) is 0 Å². The highest BCUT2D eigenvalue weighted by Crippen LogP contribution is 2.30. The molecule has 1 heterocycles. The molecule has 3 aromatic rings. The van der Waals surface area contributed by atoms with Gasteiger partial charge in [-0.1, -0.05) is 52.3 Å². The SMILES string of the molecule is Cc1c(CBr)n(S(=O)(=O)c2ccccc2)c2ccccc12. The Kier molecular flexibility index (Phi) is 3.63. The zero-order valence-corrected chi connectivity index (χ0v) is 13.9. The number of aryl methyl sites for hydroxylation is 1. The molecule has 0 N–H and O–H groups in total. The van der Waals surface area contributed by atoms with Crippen molar-refractivity contribution in [3.63, 3.8) is 0 Å². The molecule has 0 aliphatic carbocycles. The number of alkyl halides is 1. The van der Waals surface area contributed by atoms with E-state index in [2.05, 4.69) is 15.9 Å². The largest absolute Gasteiger partial charge is 0.268 e. The van der Waals surface area contributed by atoms with Crippen molar-refractivity contribution in [2.24, 2.45) is 0 Å². The van der Waals surface area contributed by atoms with Gasteiger partial charge in [-0.3, -0.25) is 0 Å². The van der Waals surface area contributed by atoms with Crippen LogP contribution in [0, 0.1) is 6.92 Å². The lowest BCUT2D eigenvalue weighted by Crippen LogP contribution is -2.15. The zero-order valence-electron chi connectivity index (χ0n) is 11.5. The van der Waals surface area contributed by atoms with Crippen LogP contribution in [0.2, 0.25) is 0 Å². The number of rotatable bonds is 3. The van der Waals surface area contributed by atoms with Gasteiger partial charge in [-0.15, -0.1) is 0 Å². The van der Waals surface area contributed by atoms with Gasteiger partial charge in [0.1, 0.15) is 0 Å². The maximum absolute atomic E-state index is 13.0. The summed E-state index contributed by atoms with van der Waals surface area (Å²) < 4.78 is 27.4. The number of halogens is 1. The Morgan fingerprint density at radius 1 is 1.00 bits per heavy atom. The molecule has 5 heteroatoms. The topological polar surface area (TPSA) is 39.1 Å². The van der Waals surface area contributed by atoms with Crippen LogP contribution in [0.4, 0.5) is 0 Å². The normalized spacial score (nSPS) is 11.9. The number of nitrogens with zero attached hydrogens (tertiary/aromatic N) is 1. The summed E-state index contributed by atoms with van der Waals surface area (Å²) in [7, 11) is -3.60. The Bertz CT molecular complexity index is 899. The molecule has 0 amide bonds. The van der Waals surface area contributed by atoms with Crippen LogP contribution in [-0.4, -0.2) is 12.4 Å². The lowest BCUT2D eigenvalue weighted by atomic mass is 10.2. The molecule has 3 nitrogen and oxygen atoms in total. The van der Waals surface area contributed by atoms with Crippen LogP contribution in [-0.2, 0) is 15.4 Å². The van der Waals surface area contributed by atoms with E-state index in [0.29, 0.717) is 15.7 Å². The van der Waals surface area contributed by atoms with Gasteiger partial charge >= 0.3 is 0 Å². The minimum Gasteiger partial charge on any atom is -0.237 e. The van der Waals surface area contributed by atoms with Gasteiger partial charge in [-0.2, -0.15) is 0 Å². The molecule has 108 valence electrons. The third-order valence-corrected chi connectivity index (χ3v) is 5.91. The van der Waals surface area contributed by atoms with Crippen LogP contribution >= 0.6 is 15.9 Å². The monoisotopic (exact) mass is 363 g/mol. The van der Waals surface area contributed by atoms with Crippen LogP contribution in [0.5, 0.6) is 0 Å². The highest BCUT2D eigenvalue weighted by molar-refractivity contribution is 9.08. The van der Waals surface area contributed by atoms with Gasteiger partial charge in [-0.05, 0) is 30.7 Å². The molecule has 0 aliphatic rings. The summed E-state index contributed by atoms with van der Waals surface area (Å²) in [6, 6.07) is 16.1. The van der Waals surface area contributed by atoms with Gasteiger partial charge < -0.3 is 0 Å². The molecule has 0 unspecified atom stereocenters. The van der Waals surface area contributed by atoms with Gasteiger partial charge in [0.05, 0.1) is 10.4 Å². The third kappa shape index (κ3) is 2.21. The predicted octanol–water partition coefficient (Wildman–Crippen LogP) is 4.08. The fourth-order valence-corrected chi connectivity index (χ4v) is 5.01. The fourth-order valence-electron chi connectivity index (χ4n) is 2.55. The number of fused-ring (bicyclic) bond motifs is 1. The summed E-state index contributed by atoms with van der Waals surface area (Å²) >= 11 is 3.42. The van der Waals surface area contributed by atoms with E-state index in [1.807, 2.05) is 37.3 Å². The smallest absolute Gasteiger partial charge is 0.237 e. The molecule has 0 saturated carbocycles. The molecule has 21 heavy (non-hydrogen) atoms. The minimum absolute atomic E-state index is 0.299. The van der Waals surface area contributed by atoms with E-state index in [4.69, 9.17) is 0 Å². The average molecular weight is 364 g/mol. The maximum Gasteiger partial charge on any atom is 0.268 e. The van der Waals surface area contributed by atoms with E-state index in [0.717, 1.165) is 16.6 Å². The zero-order chi connectivity index (χ0) is 15.0. The summed E-state index contributed by atoms with van der Waals surface area (Å²) in [6.45, 7) is 1.95. The van der Waals surface area contributed by atoms with Crippen molar-refractivity contribution >= 4 is 36.9 Å². The fraction of sp³-hybridized carbons (Fsp3) is 0.125. The van der Waals surface area contributed by atoms with E-state index in [1.165, 1.54) is 3.97 Å². The minimum atomic E-state index is -3.60. The summed E-state index contributed by atoms with van der Waals surface area (Å²) in [5.74, 6) is 0. The molecular formula is C16H14BrNO2S. The summed E-state index contributed by atoms with van der Waals surface area (Å²) in [4.78, 5) is 0.299. The molecule has 0 aliphatic heterocycles. The van der Waals surface area contributed by atoms with Crippen LogP contribution in [0.25, 0.3) is 10.9 Å². The highest BCUT2D eigenvalue weighted by atomic mass is 79.9. The third-order valence-electron chi connectivity index (χ3n) is 3.61. The first kappa shape index (κ1) is 14.4. The molecule has 0 radical (unpaired) electrons. The molecule has 0 bridgehead atoms. The summed E-state index contributed by atoms with van der Waals surface area (Å²) in [5.41, 5.74) is 2.47. The van der Waals surface area contributed by atoms with Gasteiger partial charge in [0.2, 0.25) is 0 Å². The van der Waals surface area contributed by atoms with Gasteiger partial charge in [0.15, 0.2) is 0 Å². The molecule has 0 atom stereocenters. The van der Waals surface area contributed by atoms with Gasteiger partial charge in [0.25, 0.3) is 10.0 Å². The van der Waals surface area contributed by atoms with Crippen molar-refractivity contribution in [1.82, 2.24) is 3.97 Å². The summed E-state index contributed by atoms with van der Waals surface area (Å²) in [6.07, 6.45) is 0. The van der Waals surface area contributed by atoms with Crippen molar-refractivity contribution in [3.8, 4) is 0 Å². The quantitative estimate of drug-likeness (QED) is 0.657. The molecule has 3 rings (SSSR count). The first-order valence-electron chi connectivity index (χ1n) is 6.53. The Balaban J connectivity index is 2.40.